The Balaban J connectivity index is 1.93. The highest BCUT2D eigenvalue weighted by molar-refractivity contribution is 5.49. The highest BCUT2D eigenvalue weighted by Gasteiger charge is 2.16. The number of anilines is 2. The SMILES string of the molecule is COCCNc1nccc(N2CCN(C=O)CC2)n1. The second kappa shape index (κ2) is 6.89. The van der Waals surface area contributed by atoms with E-state index >= 15 is 0 Å². The molecule has 19 heavy (non-hydrogen) atoms. The molecule has 0 spiro atoms. The van der Waals surface area contributed by atoms with E-state index in [9.17, 15) is 4.79 Å². The third kappa shape index (κ3) is 3.78. The molecule has 0 unspecified atom stereocenters. The maximum Gasteiger partial charge on any atom is 0.224 e. The number of rotatable bonds is 6. The van der Waals surface area contributed by atoms with Gasteiger partial charge in [-0.2, -0.15) is 4.98 Å². The molecule has 0 bridgehead atoms. The van der Waals surface area contributed by atoms with E-state index in [2.05, 4.69) is 20.2 Å². The zero-order chi connectivity index (χ0) is 13.5. The molecule has 1 saturated heterocycles. The van der Waals surface area contributed by atoms with Crippen LogP contribution in [0.5, 0.6) is 0 Å². The van der Waals surface area contributed by atoms with Crippen molar-refractivity contribution in [3.8, 4) is 0 Å². The summed E-state index contributed by atoms with van der Waals surface area (Å²) in [5.41, 5.74) is 0. The molecule has 0 aliphatic carbocycles. The van der Waals surface area contributed by atoms with Crippen molar-refractivity contribution in [3.63, 3.8) is 0 Å². The summed E-state index contributed by atoms with van der Waals surface area (Å²) < 4.78 is 4.97. The van der Waals surface area contributed by atoms with E-state index < -0.39 is 0 Å². The van der Waals surface area contributed by atoms with Crippen LogP contribution in [0.4, 0.5) is 11.8 Å². The first kappa shape index (κ1) is 13.5. The molecule has 0 atom stereocenters. The van der Waals surface area contributed by atoms with Crippen LogP contribution in [0, 0.1) is 0 Å². The molecule has 7 nitrogen and oxygen atoms in total. The number of hydrogen-bond acceptors (Lipinski definition) is 6. The fraction of sp³-hybridized carbons (Fsp3) is 0.583. The van der Waals surface area contributed by atoms with E-state index in [0.29, 0.717) is 19.1 Å². The Labute approximate surface area is 112 Å². The van der Waals surface area contributed by atoms with Crippen LogP contribution in [0.2, 0.25) is 0 Å². The highest BCUT2D eigenvalue weighted by Crippen LogP contribution is 2.14. The zero-order valence-corrected chi connectivity index (χ0v) is 11.1. The fourth-order valence-corrected chi connectivity index (χ4v) is 1.93. The number of ether oxygens (including phenoxy) is 1. The number of hydrogen-bond donors (Lipinski definition) is 1. The summed E-state index contributed by atoms with van der Waals surface area (Å²) in [5.74, 6) is 1.49. The first-order valence-corrected chi connectivity index (χ1v) is 6.33. The van der Waals surface area contributed by atoms with E-state index in [4.69, 9.17) is 4.74 Å². The summed E-state index contributed by atoms with van der Waals surface area (Å²) >= 11 is 0. The molecule has 1 amide bonds. The average Bonchev–Trinajstić information content (AvgIpc) is 2.48. The van der Waals surface area contributed by atoms with Gasteiger partial charge in [-0.25, -0.2) is 4.98 Å². The van der Waals surface area contributed by atoms with Crippen LogP contribution in [-0.4, -0.2) is 67.7 Å². The maximum absolute atomic E-state index is 10.7. The molecule has 0 saturated carbocycles. The minimum atomic E-state index is 0.604. The van der Waals surface area contributed by atoms with Crippen LogP contribution < -0.4 is 10.2 Å². The molecule has 1 fully saturated rings. The summed E-state index contributed by atoms with van der Waals surface area (Å²) in [7, 11) is 1.66. The average molecular weight is 265 g/mol. The van der Waals surface area contributed by atoms with Gasteiger partial charge in [0.2, 0.25) is 12.4 Å². The smallest absolute Gasteiger partial charge is 0.224 e. The first-order valence-electron chi connectivity index (χ1n) is 6.33. The Kier molecular flexibility index (Phi) is 4.91. The molecule has 1 aliphatic rings. The number of nitrogens with zero attached hydrogens (tertiary/aromatic N) is 4. The standard InChI is InChI=1S/C12H19N5O2/c1-19-9-4-14-12-13-3-2-11(15-12)17-7-5-16(10-18)6-8-17/h2-3,10H,4-9H2,1H3,(H,13,14,15). The van der Waals surface area contributed by atoms with Gasteiger partial charge in [0.25, 0.3) is 0 Å². The molecular formula is C12H19N5O2. The molecule has 0 radical (unpaired) electrons. The summed E-state index contributed by atoms with van der Waals surface area (Å²) in [6, 6.07) is 1.89. The quantitative estimate of drug-likeness (QED) is 0.568. The lowest BCUT2D eigenvalue weighted by Crippen LogP contribution is -2.46. The van der Waals surface area contributed by atoms with Gasteiger partial charge in [-0.3, -0.25) is 4.79 Å². The van der Waals surface area contributed by atoms with Crippen molar-refractivity contribution in [2.45, 2.75) is 0 Å². The summed E-state index contributed by atoms with van der Waals surface area (Å²) in [5, 5.41) is 3.10. The molecule has 1 aliphatic heterocycles. The predicted octanol–water partition coefficient (Wildman–Crippen LogP) is -0.187. The molecule has 1 aromatic heterocycles. The van der Waals surface area contributed by atoms with Crippen molar-refractivity contribution in [2.24, 2.45) is 0 Å². The van der Waals surface area contributed by atoms with Crippen molar-refractivity contribution in [2.75, 3.05) is 56.7 Å². The monoisotopic (exact) mass is 265 g/mol. The van der Waals surface area contributed by atoms with Crippen molar-refractivity contribution in [1.82, 2.24) is 14.9 Å². The van der Waals surface area contributed by atoms with Crippen molar-refractivity contribution in [1.29, 1.82) is 0 Å². The van der Waals surface area contributed by atoms with Crippen LogP contribution in [0.3, 0.4) is 0 Å². The largest absolute Gasteiger partial charge is 0.383 e. The van der Waals surface area contributed by atoms with Crippen LogP contribution in [-0.2, 0) is 9.53 Å². The van der Waals surface area contributed by atoms with E-state index in [1.807, 2.05) is 6.07 Å². The van der Waals surface area contributed by atoms with E-state index in [-0.39, 0.29) is 0 Å². The van der Waals surface area contributed by atoms with Gasteiger partial charge >= 0.3 is 0 Å². The van der Waals surface area contributed by atoms with Gasteiger partial charge in [0.1, 0.15) is 5.82 Å². The van der Waals surface area contributed by atoms with Gasteiger partial charge in [-0.05, 0) is 6.07 Å². The number of aromatic nitrogens is 2. The maximum atomic E-state index is 10.7. The normalized spacial score (nSPS) is 15.4. The van der Waals surface area contributed by atoms with Crippen LogP contribution in [0.25, 0.3) is 0 Å². The third-order valence-electron chi connectivity index (χ3n) is 3.02. The zero-order valence-electron chi connectivity index (χ0n) is 11.1. The minimum Gasteiger partial charge on any atom is -0.383 e. The third-order valence-corrected chi connectivity index (χ3v) is 3.02. The molecule has 1 N–H and O–H groups in total. The second-order valence-electron chi connectivity index (χ2n) is 4.29. The topological polar surface area (TPSA) is 70.6 Å². The molecular weight excluding hydrogens is 246 g/mol. The Morgan fingerprint density at radius 2 is 2.21 bits per heavy atom. The number of carbonyl (C=O) groups excluding carboxylic acids is 1. The Morgan fingerprint density at radius 1 is 1.42 bits per heavy atom. The number of piperazine rings is 1. The number of methoxy groups -OCH3 is 1. The molecule has 2 rings (SSSR count). The van der Waals surface area contributed by atoms with Gasteiger partial charge in [-0.1, -0.05) is 0 Å². The summed E-state index contributed by atoms with van der Waals surface area (Å²) in [6.07, 6.45) is 2.64. The van der Waals surface area contributed by atoms with Gasteiger partial charge in [-0.15, -0.1) is 0 Å². The van der Waals surface area contributed by atoms with E-state index in [0.717, 1.165) is 38.4 Å². The van der Waals surface area contributed by atoms with Crippen molar-refractivity contribution < 1.29 is 9.53 Å². The molecule has 1 aromatic rings. The lowest BCUT2D eigenvalue weighted by Gasteiger charge is -2.33. The highest BCUT2D eigenvalue weighted by atomic mass is 16.5. The van der Waals surface area contributed by atoms with Crippen LogP contribution in [0.15, 0.2) is 12.3 Å². The van der Waals surface area contributed by atoms with Crippen molar-refractivity contribution in [3.05, 3.63) is 12.3 Å². The molecule has 0 aromatic carbocycles. The number of nitrogens with one attached hydrogen (secondary N) is 1. The van der Waals surface area contributed by atoms with Gasteiger partial charge < -0.3 is 19.9 Å². The fourth-order valence-electron chi connectivity index (χ4n) is 1.93. The number of carbonyl (C=O) groups is 1. The van der Waals surface area contributed by atoms with Gasteiger partial charge in [0, 0.05) is 46.0 Å². The number of amides is 1. The van der Waals surface area contributed by atoms with Gasteiger partial charge in [0.05, 0.1) is 6.61 Å². The van der Waals surface area contributed by atoms with Crippen LogP contribution >= 0.6 is 0 Å². The lowest BCUT2D eigenvalue weighted by atomic mass is 10.3. The Morgan fingerprint density at radius 3 is 2.89 bits per heavy atom. The van der Waals surface area contributed by atoms with Gasteiger partial charge in [0.15, 0.2) is 0 Å². The van der Waals surface area contributed by atoms with E-state index in [1.54, 1.807) is 18.2 Å². The Bertz CT molecular complexity index is 407. The second-order valence-corrected chi connectivity index (χ2v) is 4.29. The van der Waals surface area contributed by atoms with E-state index in [1.165, 1.54) is 0 Å². The molecule has 7 heteroatoms. The summed E-state index contributed by atoms with van der Waals surface area (Å²) in [4.78, 5) is 23.2. The molecule has 104 valence electrons. The van der Waals surface area contributed by atoms with Crippen molar-refractivity contribution >= 4 is 18.2 Å². The minimum absolute atomic E-state index is 0.604. The lowest BCUT2D eigenvalue weighted by molar-refractivity contribution is -0.118. The summed E-state index contributed by atoms with van der Waals surface area (Å²) in [6.45, 7) is 4.37. The first-order chi connectivity index (χ1) is 9.33. The molecule has 2 heterocycles. The van der Waals surface area contributed by atoms with Crippen LogP contribution in [0.1, 0.15) is 0 Å². The predicted molar refractivity (Wildman–Crippen MR) is 72.2 cm³/mol. The Hall–Kier alpha value is -1.89.